The van der Waals surface area contributed by atoms with E-state index in [0.717, 1.165) is 16.9 Å². The fourth-order valence-corrected chi connectivity index (χ4v) is 1.97. The second-order valence-electron chi connectivity index (χ2n) is 6.37. The van der Waals surface area contributed by atoms with Gasteiger partial charge in [-0.1, -0.05) is 40.7 Å². The first-order valence-corrected chi connectivity index (χ1v) is 6.55. The van der Waals surface area contributed by atoms with Gasteiger partial charge < -0.3 is 10.7 Å². The molecule has 0 spiro atoms. The Bertz CT molecular complexity index is 546. The molecule has 3 nitrogen and oxygen atoms in total. The standard InChI is InChI=1S/C15H23N3/c1-9(2)13(16)14-17-11-7-6-10(15(3,4)5)8-12(11)18-14/h6-9,13H,16H2,1-5H3,(H,17,18)/t13-/m1/s1. The smallest absolute Gasteiger partial charge is 0.124 e. The number of aromatic amines is 1. The highest BCUT2D eigenvalue weighted by Crippen LogP contribution is 2.26. The largest absolute Gasteiger partial charge is 0.341 e. The van der Waals surface area contributed by atoms with Gasteiger partial charge in [0, 0.05) is 0 Å². The van der Waals surface area contributed by atoms with Crippen molar-refractivity contribution < 1.29 is 0 Å². The van der Waals surface area contributed by atoms with E-state index in [4.69, 9.17) is 5.73 Å². The maximum absolute atomic E-state index is 6.13. The molecule has 3 N–H and O–H groups in total. The third-order valence-corrected chi connectivity index (χ3v) is 3.40. The molecule has 3 heteroatoms. The van der Waals surface area contributed by atoms with Gasteiger partial charge in [0.25, 0.3) is 0 Å². The number of fused-ring (bicyclic) bond motifs is 1. The molecule has 0 amide bonds. The Morgan fingerprint density at radius 2 is 1.89 bits per heavy atom. The van der Waals surface area contributed by atoms with Crippen molar-refractivity contribution in [1.82, 2.24) is 9.97 Å². The molecule has 0 fully saturated rings. The Balaban J connectivity index is 2.46. The van der Waals surface area contributed by atoms with Crippen LogP contribution in [0, 0.1) is 5.92 Å². The quantitative estimate of drug-likeness (QED) is 0.850. The van der Waals surface area contributed by atoms with Gasteiger partial charge in [0.1, 0.15) is 5.82 Å². The van der Waals surface area contributed by atoms with Crippen LogP contribution < -0.4 is 5.73 Å². The Morgan fingerprint density at radius 1 is 1.22 bits per heavy atom. The van der Waals surface area contributed by atoms with Gasteiger partial charge in [0.15, 0.2) is 0 Å². The summed E-state index contributed by atoms with van der Waals surface area (Å²) in [7, 11) is 0. The number of imidazole rings is 1. The normalized spacial score (nSPS) is 14.4. The van der Waals surface area contributed by atoms with Crippen molar-refractivity contribution in [1.29, 1.82) is 0 Å². The summed E-state index contributed by atoms with van der Waals surface area (Å²) in [5.74, 6) is 1.26. The number of benzene rings is 1. The molecule has 0 aliphatic carbocycles. The Labute approximate surface area is 109 Å². The average molecular weight is 245 g/mol. The molecular formula is C15H23N3. The van der Waals surface area contributed by atoms with Crippen LogP contribution in [0.15, 0.2) is 18.2 Å². The summed E-state index contributed by atoms with van der Waals surface area (Å²) in [6.07, 6.45) is 0. The van der Waals surface area contributed by atoms with Crippen LogP contribution in [0.25, 0.3) is 11.0 Å². The van der Waals surface area contributed by atoms with Crippen LogP contribution in [0.5, 0.6) is 0 Å². The fraction of sp³-hybridized carbons (Fsp3) is 0.533. The van der Waals surface area contributed by atoms with E-state index < -0.39 is 0 Å². The molecule has 1 heterocycles. The lowest BCUT2D eigenvalue weighted by Gasteiger charge is -2.18. The minimum atomic E-state index is -0.0320. The predicted octanol–water partition coefficient (Wildman–Crippen LogP) is 3.52. The van der Waals surface area contributed by atoms with E-state index in [1.54, 1.807) is 0 Å². The van der Waals surface area contributed by atoms with Crippen molar-refractivity contribution in [2.45, 2.75) is 46.1 Å². The lowest BCUT2D eigenvalue weighted by molar-refractivity contribution is 0.495. The number of rotatable bonds is 2. The highest BCUT2D eigenvalue weighted by Gasteiger charge is 2.17. The van der Waals surface area contributed by atoms with Crippen LogP contribution in [0.4, 0.5) is 0 Å². The van der Waals surface area contributed by atoms with Gasteiger partial charge >= 0.3 is 0 Å². The van der Waals surface area contributed by atoms with Gasteiger partial charge in [-0.15, -0.1) is 0 Å². The lowest BCUT2D eigenvalue weighted by atomic mass is 9.87. The van der Waals surface area contributed by atoms with Gasteiger partial charge in [0.2, 0.25) is 0 Å². The zero-order valence-corrected chi connectivity index (χ0v) is 11.9. The molecule has 1 aromatic heterocycles. The lowest BCUT2D eigenvalue weighted by Crippen LogP contribution is -2.18. The molecule has 0 radical (unpaired) electrons. The summed E-state index contributed by atoms with van der Waals surface area (Å²) in [5.41, 5.74) is 9.66. The van der Waals surface area contributed by atoms with E-state index in [-0.39, 0.29) is 11.5 Å². The van der Waals surface area contributed by atoms with Crippen LogP contribution >= 0.6 is 0 Å². The molecule has 0 saturated carbocycles. The van der Waals surface area contributed by atoms with E-state index in [9.17, 15) is 0 Å². The maximum Gasteiger partial charge on any atom is 0.124 e. The summed E-state index contributed by atoms with van der Waals surface area (Å²) in [6, 6.07) is 6.37. The van der Waals surface area contributed by atoms with Crippen LogP contribution in [-0.2, 0) is 5.41 Å². The molecule has 0 aliphatic rings. The zero-order chi connectivity index (χ0) is 13.5. The topological polar surface area (TPSA) is 54.7 Å². The molecule has 0 saturated heterocycles. The van der Waals surface area contributed by atoms with Gasteiger partial charge in [-0.3, -0.25) is 0 Å². The van der Waals surface area contributed by atoms with Gasteiger partial charge in [-0.2, -0.15) is 0 Å². The zero-order valence-electron chi connectivity index (χ0n) is 11.9. The monoisotopic (exact) mass is 245 g/mol. The molecule has 0 bridgehead atoms. The van der Waals surface area contributed by atoms with E-state index in [1.807, 2.05) is 0 Å². The first-order chi connectivity index (χ1) is 8.29. The van der Waals surface area contributed by atoms with E-state index in [2.05, 4.69) is 62.8 Å². The Kier molecular flexibility index (Phi) is 3.20. The Hall–Kier alpha value is -1.35. The van der Waals surface area contributed by atoms with Gasteiger partial charge in [-0.05, 0) is 29.0 Å². The molecule has 0 unspecified atom stereocenters. The molecule has 1 aromatic carbocycles. The fourth-order valence-electron chi connectivity index (χ4n) is 1.97. The third-order valence-electron chi connectivity index (χ3n) is 3.40. The Morgan fingerprint density at radius 3 is 2.44 bits per heavy atom. The number of hydrogen-bond acceptors (Lipinski definition) is 2. The third kappa shape index (κ3) is 2.41. The SMILES string of the molecule is CC(C)[C@@H](N)c1nc2ccc(C(C)(C)C)cc2[nH]1. The minimum absolute atomic E-state index is 0.0320. The van der Waals surface area contributed by atoms with Crippen LogP contribution in [0.3, 0.4) is 0 Å². The van der Waals surface area contributed by atoms with Crippen LogP contribution in [-0.4, -0.2) is 9.97 Å². The average Bonchev–Trinajstić information content (AvgIpc) is 2.68. The second-order valence-corrected chi connectivity index (χ2v) is 6.37. The van der Waals surface area contributed by atoms with E-state index in [1.165, 1.54) is 5.56 Å². The van der Waals surface area contributed by atoms with Crippen LogP contribution in [0.2, 0.25) is 0 Å². The molecule has 1 atom stereocenters. The van der Waals surface area contributed by atoms with Crippen molar-refractivity contribution in [3.05, 3.63) is 29.6 Å². The molecule has 0 aliphatic heterocycles. The predicted molar refractivity (Wildman–Crippen MR) is 76.6 cm³/mol. The molecular weight excluding hydrogens is 222 g/mol. The summed E-state index contributed by atoms with van der Waals surface area (Å²) >= 11 is 0. The van der Waals surface area contributed by atoms with Gasteiger partial charge in [0.05, 0.1) is 17.1 Å². The number of nitrogens with zero attached hydrogens (tertiary/aromatic N) is 1. The molecule has 2 aromatic rings. The number of nitrogens with one attached hydrogen (secondary N) is 1. The summed E-state index contributed by atoms with van der Waals surface area (Å²) in [5, 5.41) is 0. The molecule has 98 valence electrons. The summed E-state index contributed by atoms with van der Waals surface area (Å²) in [4.78, 5) is 7.93. The summed E-state index contributed by atoms with van der Waals surface area (Å²) < 4.78 is 0. The maximum atomic E-state index is 6.13. The van der Waals surface area contributed by atoms with Crippen LogP contribution in [0.1, 0.15) is 52.0 Å². The first-order valence-electron chi connectivity index (χ1n) is 6.55. The second kappa shape index (κ2) is 4.39. The highest BCUT2D eigenvalue weighted by molar-refractivity contribution is 5.76. The minimum Gasteiger partial charge on any atom is -0.341 e. The highest BCUT2D eigenvalue weighted by atomic mass is 15.0. The number of H-pyrrole nitrogens is 1. The summed E-state index contributed by atoms with van der Waals surface area (Å²) in [6.45, 7) is 10.9. The number of nitrogens with two attached hydrogens (primary N) is 1. The van der Waals surface area contributed by atoms with Crippen molar-refractivity contribution >= 4 is 11.0 Å². The van der Waals surface area contributed by atoms with E-state index >= 15 is 0 Å². The van der Waals surface area contributed by atoms with Gasteiger partial charge in [-0.25, -0.2) is 4.98 Å². The van der Waals surface area contributed by atoms with E-state index in [0.29, 0.717) is 5.92 Å². The first kappa shape index (κ1) is 13.1. The number of aromatic nitrogens is 2. The van der Waals surface area contributed by atoms with Crippen molar-refractivity contribution in [2.24, 2.45) is 11.7 Å². The number of hydrogen-bond donors (Lipinski definition) is 2. The van der Waals surface area contributed by atoms with Crippen molar-refractivity contribution in [3.8, 4) is 0 Å². The molecule has 18 heavy (non-hydrogen) atoms. The van der Waals surface area contributed by atoms with Crippen molar-refractivity contribution in [2.75, 3.05) is 0 Å². The van der Waals surface area contributed by atoms with Crippen molar-refractivity contribution in [3.63, 3.8) is 0 Å². The molecule has 2 rings (SSSR count).